The Balaban J connectivity index is 1.64. The molecule has 0 radical (unpaired) electrons. The lowest BCUT2D eigenvalue weighted by Gasteiger charge is -2.16. The number of rotatable bonds is 6. The Labute approximate surface area is 199 Å². The zero-order chi connectivity index (χ0) is 24.6. The SMILES string of the molecule is CC[C@H](NS(=O)(=O)c1ccc(C)cc1)C(=O)Oc1cc(O)c2c(=O)c3ccc(Cl)cc3oc2c1. The molecule has 4 rings (SSSR count). The van der Waals surface area contributed by atoms with Crippen molar-refractivity contribution in [2.45, 2.75) is 31.2 Å². The number of aryl methyl sites for hydroxylation is 1. The van der Waals surface area contributed by atoms with Crippen molar-refractivity contribution < 1.29 is 27.5 Å². The lowest BCUT2D eigenvalue weighted by atomic mass is 10.1. The van der Waals surface area contributed by atoms with Crippen molar-refractivity contribution >= 4 is 49.5 Å². The number of aromatic hydroxyl groups is 1. The minimum atomic E-state index is -3.98. The average molecular weight is 502 g/mol. The third-order valence-corrected chi connectivity index (χ3v) is 6.95. The second-order valence-electron chi connectivity index (χ2n) is 7.70. The zero-order valence-corrected chi connectivity index (χ0v) is 19.7. The fourth-order valence-electron chi connectivity index (χ4n) is 3.42. The van der Waals surface area contributed by atoms with Crippen LogP contribution in [0.1, 0.15) is 18.9 Å². The summed E-state index contributed by atoms with van der Waals surface area (Å²) in [5.74, 6) is -1.45. The second-order valence-corrected chi connectivity index (χ2v) is 9.85. The Hall–Kier alpha value is -3.40. The summed E-state index contributed by atoms with van der Waals surface area (Å²) < 4.78 is 38.7. The highest BCUT2D eigenvalue weighted by Crippen LogP contribution is 2.31. The standard InChI is InChI=1S/C24H20ClNO7S/c1-3-18(26-34(30,31)16-7-4-13(2)5-8-16)24(29)32-15-11-19(27)22-21(12-15)33-20-10-14(25)6-9-17(20)23(22)28/h4-12,18,26-27H,3H2,1-2H3/t18-/m0/s1. The van der Waals surface area contributed by atoms with Crippen LogP contribution in [0.4, 0.5) is 0 Å². The number of ether oxygens (including phenoxy) is 1. The molecule has 0 saturated heterocycles. The third kappa shape index (κ3) is 4.63. The van der Waals surface area contributed by atoms with Gasteiger partial charge in [-0.05, 0) is 37.6 Å². The number of halogens is 1. The number of hydrogen-bond acceptors (Lipinski definition) is 7. The Morgan fingerprint density at radius 1 is 1.12 bits per heavy atom. The van der Waals surface area contributed by atoms with E-state index in [2.05, 4.69) is 4.72 Å². The quantitative estimate of drug-likeness (QED) is 0.229. The molecule has 0 fully saturated rings. The minimum Gasteiger partial charge on any atom is -0.507 e. The van der Waals surface area contributed by atoms with Crippen LogP contribution in [0.15, 0.2) is 68.7 Å². The molecule has 10 heteroatoms. The van der Waals surface area contributed by atoms with Crippen molar-refractivity contribution in [2.75, 3.05) is 0 Å². The van der Waals surface area contributed by atoms with Gasteiger partial charge in [0.15, 0.2) is 0 Å². The van der Waals surface area contributed by atoms with Gasteiger partial charge in [-0.2, -0.15) is 4.72 Å². The molecule has 3 aromatic carbocycles. The first-order valence-electron chi connectivity index (χ1n) is 10.3. The molecule has 8 nitrogen and oxygen atoms in total. The van der Waals surface area contributed by atoms with E-state index >= 15 is 0 Å². The van der Waals surface area contributed by atoms with Crippen molar-refractivity contribution in [1.82, 2.24) is 4.72 Å². The maximum atomic E-state index is 12.8. The van der Waals surface area contributed by atoms with Gasteiger partial charge in [-0.15, -0.1) is 0 Å². The van der Waals surface area contributed by atoms with Crippen LogP contribution in [0.2, 0.25) is 5.02 Å². The molecule has 1 aromatic heterocycles. The van der Waals surface area contributed by atoms with E-state index in [1.54, 1.807) is 19.1 Å². The van der Waals surface area contributed by atoms with E-state index in [0.717, 1.165) is 11.6 Å². The Bertz CT molecular complexity index is 1580. The Morgan fingerprint density at radius 3 is 2.50 bits per heavy atom. The predicted octanol–water partition coefficient (Wildman–Crippen LogP) is 4.28. The van der Waals surface area contributed by atoms with Gasteiger partial charge in [0.1, 0.15) is 34.1 Å². The van der Waals surface area contributed by atoms with Crippen molar-refractivity contribution in [3.8, 4) is 11.5 Å². The molecule has 0 saturated carbocycles. The third-order valence-electron chi connectivity index (χ3n) is 5.23. The second kappa shape index (κ2) is 9.09. The number of benzene rings is 3. The maximum Gasteiger partial charge on any atom is 0.329 e. The summed E-state index contributed by atoms with van der Waals surface area (Å²) >= 11 is 5.97. The summed E-state index contributed by atoms with van der Waals surface area (Å²) in [6.45, 7) is 3.45. The smallest absolute Gasteiger partial charge is 0.329 e. The first-order valence-corrected chi connectivity index (χ1v) is 12.1. The van der Waals surface area contributed by atoms with Gasteiger partial charge >= 0.3 is 5.97 Å². The highest BCUT2D eigenvalue weighted by molar-refractivity contribution is 7.89. The summed E-state index contributed by atoms with van der Waals surface area (Å²) in [4.78, 5) is 25.5. The lowest BCUT2D eigenvalue weighted by molar-refractivity contribution is -0.136. The van der Waals surface area contributed by atoms with E-state index in [1.165, 1.54) is 36.4 Å². The molecular formula is C24H20ClNO7S. The van der Waals surface area contributed by atoms with Crippen LogP contribution in [-0.4, -0.2) is 25.5 Å². The van der Waals surface area contributed by atoms with Crippen LogP contribution in [0.3, 0.4) is 0 Å². The molecule has 0 amide bonds. The normalized spacial score (nSPS) is 12.7. The molecule has 0 spiro atoms. The number of sulfonamides is 1. The minimum absolute atomic E-state index is 0.0139. The molecule has 0 bridgehead atoms. The number of hydrogen-bond donors (Lipinski definition) is 2. The largest absolute Gasteiger partial charge is 0.507 e. The van der Waals surface area contributed by atoms with Crippen molar-refractivity contribution in [1.29, 1.82) is 0 Å². The lowest BCUT2D eigenvalue weighted by Crippen LogP contribution is -2.42. The predicted molar refractivity (Wildman–Crippen MR) is 128 cm³/mol. The molecular weight excluding hydrogens is 482 g/mol. The highest BCUT2D eigenvalue weighted by Gasteiger charge is 2.26. The number of carbonyl (C=O) groups is 1. The van der Waals surface area contributed by atoms with Gasteiger partial charge in [0.05, 0.1) is 10.3 Å². The summed E-state index contributed by atoms with van der Waals surface area (Å²) in [5, 5.41) is 10.9. The van der Waals surface area contributed by atoms with E-state index < -0.39 is 33.2 Å². The summed E-state index contributed by atoms with van der Waals surface area (Å²) in [7, 11) is -3.98. The molecule has 176 valence electrons. The van der Waals surface area contributed by atoms with Crippen LogP contribution in [-0.2, 0) is 14.8 Å². The monoisotopic (exact) mass is 501 g/mol. The first kappa shape index (κ1) is 23.7. The van der Waals surface area contributed by atoms with Gasteiger partial charge in [-0.25, -0.2) is 13.2 Å². The summed E-state index contributed by atoms with van der Waals surface area (Å²) in [6.07, 6.45) is 0.113. The fourth-order valence-corrected chi connectivity index (χ4v) is 4.85. The van der Waals surface area contributed by atoms with E-state index in [0.29, 0.717) is 5.02 Å². The van der Waals surface area contributed by atoms with Crippen molar-refractivity contribution in [2.24, 2.45) is 0 Å². The van der Waals surface area contributed by atoms with Crippen molar-refractivity contribution in [3.05, 3.63) is 75.4 Å². The number of nitrogens with one attached hydrogen (secondary N) is 1. The van der Waals surface area contributed by atoms with Crippen LogP contribution in [0.25, 0.3) is 21.9 Å². The summed E-state index contributed by atoms with van der Waals surface area (Å²) in [6, 6.07) is 11.8. The van der Waals surface area contributed by atoms with E-state index in [4.69, 9.17) is 20.8 Å². The molecule has 0 unspecified atom stereocenters. The molecule has 0 aliphatic carbocycles. The number of esters is 1. The van der Waals surface area contributed by atoms with Gasteiger partial charge in [0, 0.05) is 23.2 Å². The van der Waals surface area contributed by atoms with Gasteiger partial charge in [0.2, 0.25) is 15.5 Å². The van der Waals surface area contributed by atoms with Crippen LogP contribution < -0.4 is 14.9 Å². The van der Waals surface area contributed by atoms with Gasteiger partial charge < -0.3 is 14.3 Å². The molecule has 4 aromatic rings. The van der Waals surface area contributed by atoms with E-state index in [1.807, 2.05) is 6.92 Å². The van der Waals surface area contributed by atoms with Gasteiger partial charge in [0.25, 0.3) is 0 Å². The molecule has 0 aliphatic rings. The molecule has 34 heavy (non-hydrogen) atoms. The number of phenolic OH excluding ortho intramolecular Hbond substituents is 1. The average Bonchev–Trinajstić information content (AvgIpc) is 2.77. The number of fused-ring (bicyclic) bond motifs is 2. The van der Waals surface area contributed by atoms with Gasteiger partial charge in [-0.3, -0.25) is 4.79 Å². The first-order chi connectivity index (χ1) is 16.1. The van der Waals surface area contributed by atoms with Crippen LogP contribution in [0, 0.1) is 6.92 Å². The van der Waals surface area contributed by atoms with Gasteiger partial charge in [-0.1, -0.05) is 36.2 Å². The highest BCUT2D eigenvalue weighted by atomic mass is 35.5. The van der Waals surface area contributed by atoms with Crippen LogP contribution >= 0.6 is 11.6 Å². The molecule has 1 atom stereocenters. The fraction of sp³-hybridized carbons (Fsp3) is 0.167. The zero-order valence-electron chi connectivity index (χ0n) is 18.2. The van der Waals surface area contributed by atoms with Crippen molar-refractivity contribution in [3.63, 3.8) is 0 Å². The van der Waals surface area contributed by atoms with E-state index in [9.17, 15) is 23.1 Å². The number of phenols is 1. The number of carbonyl (C=O) groups excluding carboxylic acids is 1. The molecule has 2 N–H and O–H groups in total. The molecule has 0 aliphatic heterocycles. The Kier molecular flexibility index (Phi) is 6.35. The molecule has 1 heterocycles. The summed E-state index contributed by atoms with van der Waals surface area (Å²) in [5.41, 5.74) is 0.602. The Morgan fingerprint density at radius 2 is 1.82 bits per heavy atom. The van der Waals surface area contributed by atoms with Crippen LogP contribution in [0.5, 0.6) is 11.5 Å². The maximum absolute atomic E-state index is 12.8. The topological polar surface area (TPSA) is 123 Å². The van der Waals surface area contributed by atoms with E-state index in [-0.39, 0.29) is 39.0 Å².